The van der Waals surface area contributed by atoms with Gasteiger partial charge < -0.3 is 10.6 Å². The Labute approximate surface area is 144 Å². The highest BCUT2D eigenvalue weighted by Crippen LogP contribution is 2.21. The van der Waals surface area contributed by atoms with E-state index in [1.807, 2.05) is 55.4 Å². The number of nitrogens with two attached hydrogens (primary N) is 1. The zero-order valence-electron chi connectivity index (χ0n) is 14.2. The predicted octanol–water partition coefficient (Wildman–Crippen LogP) is 1.94. The molecule has 2 N–H and O–H groups in total. The summed E-state index contributed by atoms with van der Waals surface area (Å²) in [5, 5.41) is 0. The molecule has 0 aliphatic rings. The number of rotatable bonds is 8. The van der Waals surface area contributed by atoms with Crippen molar-refractivity contribution in [2.24, 2.45) is 5.73 Å². The van der Waals surface area contributed by atoms with E-state index in [9.17, 15) is 8.42 Å². The monoisotopic (exact) mass is 347 g/mol. The van der Waals surface area contributed by atoms with Crippen LogP contribution in [0, 0.1) is 0 Å². The van der Waals surface area contributed by atoms with Crippen LogP contribution in [0.5, 0.6) is 0 Å². The first-order chi connectivity index (χ1) is 11.4. The Morgan fingerprint density at radius 3 is 2.29 bits per heavy atom. The molecule has 0 saturated carbocycles. The average Bonchev–Trinajstić information content (AvgIpc) is 2.59. The van der Waals surface area contributed by atoms with Crippen molar-refractivity contribution < 1.29 is 8.42 Å². The summed E-state index contributed by atoms with van der Waals surface area (Å²) in [6, 6.07) is 16.8. The van der Waals surface area contributed by atoms with Crippen molar-refractivity contribution in [1.82, 2.24) is 4.31 Å². The molecule has 0 heterocycles. The fraction of sp³-hybridized carbons (Fsp3) is 0.333. The SMILES string of the molecule is CN(C)c1cccc(S(=O)(=O)N(CCN)CCc2ccccc2)c1. The van der Waals surface area contributed by atoms with Crippen molar-refractivity contribution in [3.63, 3.8) is 0 Å². The Bertz CT molecular complexity index is 746. The minimum Gasteiger partial charge on any atom is -0.378 e. The molecule has 5 nitrogen and oxygen atoms in total. The molecule has 0 atom stereocenters. The van der Waals surface area contributed by atoms with E-state index in [-0.39, 0.29) is 0 Å². The summed E-state index contributed by atoms with van der Waals surface area (Å²) >= 11 is 0. The van der Waals surface area contributed by atoms with Crippen LogP contribution in [0.25, 0.3) is 0 Å². The Hall–Kier alpha value is -1.89. The van der Waals surface area contributed by atoms with Crippen molar-refractivity contribution in [2.75, 3.05) is 38.6 Å². The molecule has 24 heavy (non-hydrogen) atoms. The fourth-order valence-corrected chi connectivity index (χ4v) is 3.96. The fourth-order valence-electron chi connectivity index (χ4n) is 2.47. The molecule has 0 aliphatic heterocycles. The summed E-state index contributed by atoms with van der Waals surface area (Å²) in [6.45, 7) is 1.01. The first-order valence-corrected chi connectivity index (χ1v) is 9.40. The topological polar surface area (TPSA) is 66.6 Å². The number of anilines is 1. The highest BCUT2D eigenvalue weighted by atomic mass is 32.2. The molecule has 0 spiro atoms. The van der Waals surface area contributed by atoms with Gasteiger partial charge in [0.25, 0.3) is 0 Å². The lowest BCUT2D eigenvalue weighted by molar-refractivity contribution is 0.421. The van der Waals surface area contributed by atoms with E-state index < -0.39 is 10.0 Å². The van der Waals surface area contributed by atoms with Gasteiger partial charge in [0, 0.05) is 39.4 Å². The normalized spacial score (nSPS) is 11.7. The van der Waals surface area contributed by atoms with Gasteiger partial charge in [0.1, 0.15) is 0 Å². The molecule has 0 fully saturated rings. The zero-order chi connectivity index (χ0) is 17.6. The van der Waals surface area contributed by atoms with Gasteiger partial charge in [0.15, 0.2) is 0 Å². The van der Waals surface area contributed by atoms with Gasteiger partial charge in [-0.3, -0.25) is 0 Å². The minimum atomic E-state index is -3.56. The second-order valence-electron chi connectivity index (χ2n) is 5.82. The maximum Gasteiger partial charge on any atom is 0.243 e. The Morgan fingerprint density at radius 1 is 0.958 bits per heavy atom. The molecular weight excluding hydrogens is 322 g/mol. The molecule has 0 aliphatic carbocycles. The molecule has 0 radical (unpaired) electrons. The van der Waals surface area contributed by atoms with Gasteiger partial charge in [0.2, 0.25) is 10.0 Å². The van der Waals surface area contributed by atoms with E-state index in [2.05, 4.69) is 0 Å². The molecule has 0 saturated heterocycles. The van der Waals surface area contributed by atoms with Crippen LogP contribution in [0.4, 0.5) is 5.69 Å². The van der Waals surface area contributed by atoms with E-state index in [4.69, 9.17) is 5.73 Å². The van der Waals surface area contributed by atoms with Gasteiger partial charge >= 0.3 is 0 Å². The maximum atomic E-state index is 13.0. The highest BCUT2D eigenvalue weighted by molar-refractivity contribution is 7.89. The Balaban J connectivity index is 2.23. The molecule has 2 aromatic carbocycles. The predicted molar refractivity (Wildman–Crippen MR) is 98.7 cm³/mol. The molecule has 0 bridgehead atoms. The summed E-state index contributed by atoms with van der Waals surface area (Å²) in [4.78, 5) is 2.19. The van der Waals surface area contributed by atoms with Gasteiger partial charge in [-0.05, 0) is 30.2 Å². The lowest BCUT2D eigenvalue weighted by Crippen LogP contribution is -2.37. The summed E-state index contributed by atoms with van der Waals surface area (Å²) < 4.78 is 27.4. The Morgan fingerprint density at radius 2 is 1.67 bits per heavy atom. The van der Waals surface area contributed by atoms with Gasteiger partial charge in [-0.2, -0.15) is 4.31 Å². The molecule has 6 heteroatoms. The van der Waals surface area contributed by atoms with E-state index in [0.29, 0.717) is 31.0 Å². The number of hydrogen-bond acceptors (Lipinski definition) is 4. The molecular formula is C18H25N3O2S. The third-order valence-corrected chi connectivity index (χ3v) is 5.74. The second-order valence-corrected chi connectivity index (χ2v) is 7.76. The number of sulfonamides is 1. The molecule has 0 amide bonds. The summed E-state index contributed by atoms with van der Waals surface area (Å²) in [5.41, 5.74) is 7.60. The smallest absolute Gasteiger partial charge is 0.243 e. The van der Waals surface area contributed by atoms with Gasteiger partial charge in [-0.25, -0.2) is 8.42 Å². The second kappa shape index (κ2) is 8.28. The number of hydrogen-bond donors (Lipinski definition) is 1. The van der Waals surface area contributed by atoms with Crippen LogP contribution < -0.4 is 10.6 Å². The van der Waals surface area contributed by atoms with Crippen molar-refractivity contribution in [3.8, 4) is 0 Å². The molecule has 2 aromatic rings. The standard InChI is InChI=1S/C18H25N3O2S/c1-20(2)17-9-6-10-18(15-17)24(22,23)21(14-12-19)13-11-16-7-4-3-5-8-16/h3-10,15H,11-14,19H2,1-2H3. The summed E-state index contributed by atoms with van der Waals surface area (Å²) in [7, 11) is 0.213. The first-order valence-electron chi connectivity index (χ1n) is 7.96. The van der Waals surface area contributed by atoms with Crippen LogP contribution in [0.15, 0.2) is 59.5 Å². The lowest BCUT2D eigenvalue weighted by Gasteiger charge is -2.22. The highest BCUT2D eigenvalue weighted by Gasteiger charge is 2.24. The van der Waals surface area contributed by atoms with Gasteiger partial charge in [-0.1, -0.05) is 36.4 Å². The third kappa shape index (κ3) is 4.56. The van der Waals surface area contributed by atoms with Crippen molar-refractivity contribution in [3.05, 3.63) is 60.2 Å². The van der Waals surface area contributed by atoms with E-state index in [0.717, 1.165) is 11.3 Å². The zero-order valence-corrected chi connectivity index (χ0v) is 15.0. The number of benzene rings is 2. The van der Waals surface area contributed by atoms with Crippen LogP contribution >= 0.6 is 0 Å². The Kier molecular flexibility index (Phi) is 6.36. The van der Waals surface area contributed by atoms with Crippen LogP contribution in [-0.4, -0.2) is 46.5 Å². The first kappa shape index (κ1) is 18.4. The largest absolute Gasteiger partial charge is 0.378 e. The third-order valence-electron chi connectivity index (χ3n) is 3.84. The molecule has 0 unspecified atom stereocenters. The molecule has 0 aromatic heterocycles. The molecule has 130 valence electrons. The maximum absolute atomic E-state index is 13.0. The average molecular weight is 347 g/mol. The van der Waals surface area contributed by atoms with Crippen molar-refractivity contribution in [1.29, 1.82) is 0 Å². The van der Waals surface area contributed by atoms with E-state index >= 15 is 0 Å². The van der Waals surface area contributed by atoms with Crippen LogP contribution in [-0.2, 0) is 16.4 Å². The van der Waals surface area contributed by atoms with Crippen LogP contribution in [0.3, 0.4) is 0 Å². The minimum absolute atomic E-state index is 0.293. The van der Waals surface area contributed by atoms with Crippen molar-refractivity contribution in [2.45, 2.75) is 11.3 Å². The van der Waals surface area contributed by atoms with Crippen LogP contribution in [0.1, 0.15) is 5.56 Å². The molecule has 2 rings (SSSR count). The summed E-state index contributed by atoms with van der Waals surface area (Å²) in [5.74, 6) is 0. The summed E-state index contributed by atoms with van der Waals surface area (Å²) in [6.07, 6.45) is 0.660. The quantitative estimate of drug-likeness (QED) is 0.792. The van der Waals surface area contributed by atoms with E-state index in [1.54, 1.807) is 18.2 Å². The van der Waals surface area contributed by atoms with Crippen molar-refractivity contribution >= 4 is 15.7 Å². The number of nitrogens with zero attached hydrogens (tertiary/aromatic N) is 2. The van der Waals surface area contributed by atoms with Gasteiger partial charge in [-0.15, -0.1) is 0 Å². The van der Waals surface area contributed by atoms with E-state index in [1.165, 1.54) is 4.31 Å². The lowest BCUT2D eigenvalue weighted by atomic mass is 10.1. The van der Waals surface area contributed by atoms with Gasteiger partial charge in [0.05, 0.1) is 4.90 Å². The van der Waals surface area contributed by atoms with Crippen LogP contribution in [0.2, 0.25) is 0 Å².